The summed E-state index contributed by atoms with van der Waals surface area (Å²) in [6.07, 6.45) is -2.69. The van der Waals surface area contributed by atoms with E-state index in [1.807, 2.05) is 18.2 Å². The van der Waals surface area contributed by atoms with Gasteiger partial charge < -0.3 is 10.0 Å². The van der Waals surface area contributed by atoms with Crippen LogP contribution in [0.2, 0.25) is 0 Å². The van der Waals surface area contributed by atoms with Gasteiger partial charge in [0, 0.05) is 44.3 Å². The highest BCUT2D eigenvalue weighted by molar-refractivity contribution is 6.06. The molecule has 39 heavy (non-hydrogen) atoms. The maximum Gasteiger partial charge on any atom is 0.418 e. The molecule has 0 unspecified atom stereocenters. The summed E-state index contributed by atoms with van der Waals surface area (Å²) in [6.45, 7) is 10.5. The Balaban J connectivity index is 1.73. The van der Waals surface area contributed by atoms with Gasteiger partial charge in [-0.15, -0.1) is 6.58 Å². The van der Waals surface area contributed by atoms with Crippen LogP contribution in [0.5, 0.6) is 5.75 Å². The van der Waals surface area contributed by atoms with E-state index in [9.17, 15) is 23.1 Å². The lowest BCUT2D eigenvalue weighted by atomic mass is 9.92. The van der Waals surface area contributed by atoms with Crippen molar-refractivity contribution in [1.82, 2.24) is 9.80 Å². The van der Waals surface area contributed by atoms with Gasteiger partial charge >= 0.3 is 6.18 Å². The van der Waals surface area contributed by atoms with E-state index in [-0.39, 0.29) is 35.1 Å². The molecular formula is C31H34F3N3O2. The van der Waals surface area contributed by atoms with Gasteiger partial charge in [-0.1, -0.05) is 42.5 Å². The minimum atomic E-state index is -4.59. The first-order chi connectivity index (χ1) is 18.5. The van der Waals surface area contributed by atoms with Gasteiger partial charge in [0.2, 0.25) is 0 Å². The van der Waals surface area contributed by atoms with Gasteiger partial charge in [-0.25, -0.2) is 0 Å². The Kier molecular flexibility index (Phi) is 8.47. The van der Waals surface area contributed by atoms with Gasteiger partial charge in [0.05, 0.1) is 17.3 Å². The van der Waals surface area contributed by atoms with Crippen LogP contribution in [0.3, 0.4) is 0 Å². The number of rotatable bonds is 7. The predicted molar refractivity (Wildman–Crippen MR) is 148 cm³/mol. The number of halogens is 3. The molecule has 1 N–H and O–H groups in total. The van der Waals surface area contributed by atoms with E-state index in [2.05, 4.69) is 30.2 Å². The summed E-state index contributed by atoms with van der Waals surface area (Å²) in [7, 11) is 1.36. The van der Waals surface area contributed by atoms with Crippen molar-refractivity contribution >= 4 is 11.6 Å². The molecule has 0 bridgehead atoms. The van der Waals surface area contributed by atoms with Crippen LogP contribution in [0, 0.1) is 0 Å². The van der Waals surface area contributed by atoms with Crippen molar-refractivity contribution < 1.29 is 23.1 Å². The monoisotopic (exact) mass is 537 g/mol. The van der Waals surface area contributed by atoms with Crippen LogP contribution in [-0.4, -0.2) is 59.6 Å². The average molecular weight is 538 g/mol. The molecule has 4 rings (SSSR count). The summed E-state index contributed by atoms with van der Waals surface area (Å²) in [6, 6.07) is 19.3. The second kappa shape index (κ2) is 11.6. The van der Waals surface area contributed by atoms with Crippen LogP contribution in [-0.2, 0) is 6.18 Å². The zero-order valence-corrected chi connectivity index (χ0v) is 22.4. The number of nitrogens with zero attached hydrogens (tertiary/aromatic N) is 3. The molecule has 3 aromatic rings. The van der Waals surface area contributed by atoms with Crippen molar-refractivity contribution in [1.29, 1.82) is 0 Å². The molecule has 0 saturated carbocycles. The predicted octanol–water partition coefficient (Wildman–Crippen LogP) is 6.36. The minimum Gasteiger partial charge on any atom is -0.508 e. The van der Waals surface area contributed by atoms with Crippen molar-refractivity contribution in [2.45, 2.75) is 38.1 Å². The van der Waals surface area contributed by atoms with Crippen molar-refractivity contribution in [3.05, 3.63) is 108 Å². The Morgan fingerprint density at radius 2 is 1.69 bits per heavy atom. The number of amides is 1. The molecule has 0 spiro atoms. The van der Waals surface area contributed by atoms with Crippen molar-refractivity contribution in [3.63, 3.8) is 0 Å². The molecule has 1 heterocycles. The number of phenolic OH excluding ortho intramolecular Hbond substituents is 1. The molecule has 1 amide bonds. The number of benzene rings is 3. The normalized spacial score (nSPS) is 19.4. The first kappa shape index (κ1) is 28.4. The summed E-state index contributed by atoms with van der Waals surface area (Å²) >= 11 is 0. The Morgan fingerprint density at radius 3 is 2.36 bits per heavy atom. The van der Waals surface area contributed by atoms with Crippen LogP contribution in [0.4, 0.5) is 18.9 Å². The highest BCUT2D eigenvalue weighted by Crippen LogP contribution is 2.38. The van der Waals surface area contributed by atoms with E-state index in [4.69, 9.17) is 0 Å². The van der Waals surface area contributed by atoms with E-state index >= 15 is 0 Å². The first-order valence-corrected chi connectivity index (χ1v) is 12.9. The average Bonchev–Trinajstić information content (AvgIpc) is 2.90. The topological polar surface area (TPSA) is 47.0 Å². The molecule has 0 aliphatic carbocycles. The largest absolute Gasteiger partial charge is 0.508 e. The van der Waals surface area contributed by atoms with E-state index in [0.29, 0.717) is 0 Å². The molecule has 0 aromatic heterocycles. The van der Waals surface area contributed by atoms with Crippen LogP contribution >= 0.6 is 0 Å². The van der Waals surface area contributed by atoms with Crippen LogP contribution in [0.1, 0.15) is 46.9 Å². The van der Waals surface area contributed by atoms with Crippen LogP contribution < -0.4 is 4.90 Å². The summed E-state index contributed by atoms with van der Waals surface area (Å²) in [5, 5.41) is 10.3. The molecule has 1 fully saturated rings. The first-order valence-electron chi connectivity index (χ1n) is 12.9. The number of para-hydroxylation sites is 1. The highest BCUT2D eigenvalue weighted by atomic mass is 19.4. The maximum atomic E-state index is 13.6. The molecule has 3 atom stereocenters. The second-order valence-corrected chi connectivity index (χ2v) is 10.1. The summed E-state index contributed by atoms with van der Waals surface area (Å²) < 4.78 is 40.9. The Bertz CT molecular complexity index is 1330. The number of phenols is 1. The third-order valence-corrected chi connectivity index (χ3v) is 7.37. The third-order valence-electron chi connectivity index (χ3n) is 7.37. The van der Waals surface area contributed by atoms with E-state index in [0.717, 1.165) is 41.7 Å². The van der Waals surface area contributed by atoms with Gasteiger partial charge in [-0.3, -0.25) is 14.6 Å². The summed E-state index contributed by atoms with van der Waals surface area (Å²) in [5.74, 6) is -0.403. The zero-order chi connectivity index (χ0) is 28.3. The van der Waals surface area contributed by atoms with Gasteiger partial charge in [-0.05, 0) is 61.4 Å². The Morgan fingerprint density at radius 1 is 1.03 bits per heavy atom. The fourth-order valence-electron chi connectivity index (χ4n) is 5.43. The molecule has 1 aliphatic rings. The molecule has 1 aliphatic heterocycles. The number of carbonyl (C=O) groups is 1. The van der Waals surface area contributed by atoms with Crippen LogP contribution in [0.15, 0.2) is 85.5 Å². The number of carbonyl (C=O) groups excluding carboxylic acids is 1. The van der Waals surface area contributed by atoms with E-state index in [1.54, 1.807) is 36.4 Å². The van der Waals surface area contributed by atoms with Crippen LogP contribution in [0.25, 0.3) is 0 Å². The Labute approximate surface area is 227 Å². The molecular weight excluding hydrogens is 503 g/mol. The molecule has 206 valence electrons. The fraction of sp³-hybridized carbons (Fsp3) is 0.323. The molecule has 0 radical (unpaired) electrons. The number of aromatic hydroxyl groups is 1. The van der Waals surface area contributed by atoms with Gasteiger partial charge in [0.15, 0.2) is 0 Å². The quantitative estimate of drug-likeness (QED) is 0.357. The van der Waals surface area contributed by atoms with Crippen molar-refractivity contribution in [3.8, 4) is 5.75 Å². The smallest absolute Gasteiger partial charge is 0.418 e. The van der Waals surface area contributed by atoms with Gasteiger partial charge in [0.1, 0.15) is 5.75 Å². The maximum absolute atomic E-state index is 13.6. The summed E-state index contributed by atoms with van der Waals surface area (Å²) in [5.41, 5.74) is 0.899. The lowest BCUT2D eigenvalue weighted by Gasteiger charge is -2.47. The Hall–Kier alpha value is -3.62. The fourth-order valence-corrected chi connectivity index (χ4v) is 5.43. The lowest BCUT2D eigenvalue weighted by molar-refractivity contribution is -0.137. The molecule has 1 saturated heterocycles. The van der Waals surface area contributed by atoms with E-state index in [1.165, 1.54) is 25.2 Å². The third kappa shape index (κ3) is 6.18. The van der Waals surface area contributed by atoms with Gasteiger partial charge in [0.25, 0.3) is 5.91 Å². The lowest BCUT2D eigenvalue weighted by Crippen LogP contribution is -2.57. The number of hydrogen-bond donors (Lipinski definition) is 1. The summed E-state index contributed by atoms with van der Waals surface area (Å²) in [4.78, 5) is 19.2. The highest BCUT2D eigenvalue weighted by Gasteiger charge is 2.36. The number of anilines is 1. The molecule has 8 heteroatoms. The SMILES string of the molecule is C=CCN1C[C@H](C)N([C@@H](c2cccc(O)c2)c2cccc(C(=O)N(C)c3ccccc3C(F)(F)F)c2)C[C@H]1C. The van der Waals surface area contributed by atoms with Crippen molar-refractivity contribution in [2.24, 2.45) is 0 Å². The second-order valence-electron chi connectivity index (χ2n) is 10.1. The number of alkyl halides is 3. The van der Waals surface area contributed by atoms with E-state index < -0.39 is 17.6 Å². The van der Waals surface area contributed by atoms with Gasteiger partial charge in [-0.2, -0.15) is 13.2 Å². The van der Waals surface area contributed by atoms with Crippen molar-refractivity contribution in [2.75, 3.05) is 31.6 Å². The zero-order valence-electron chi connectivity index (χ0n) is 22.4. The number of piperazine rings is 1. The molecule has 5 nitrogen and oxygen atoms in total. The number of hydrogen-bond acceptors (Lipinski definition) is 4. The minimum absolute atomic E-state index is 0.138. The standard InChI is InChI=1S/C31H34F3N3O2/c1-5-16-36-19-22(3)37(20-21(36)2)29(24-11-9-13-26(38)18-24)23-10-8-12-25(17-23)30(39)35(4)28-15-7-6-14-27(28)31(32,33)34/h5-15,17-18,21-22,29,38H,1,16,19-20H2,2-4H3/t21-,22+,29-/m1/s1. The molecule has 3 aromatic carbocycles.